The third-order valence-electron chi connectivity index (χ3n) is 4.35. The maximum absolute atomic E-state index is 11.3. The number of carbonyl (C=O) groups excluding carboxylic acids is 2. The number of ether oxygens (including phenoxy) is 6. The molecule has 0 fully saturated rings. The van der Waals surface area contributed by atoms with Gasteiger partial charge in [-0.05, 0) is 12.1 Å². The van der Waals surface area contributed by atoms with Crippen LogP contribution < -0.4 is 18.9 Å². The number of hydrogen-bond donors (Lipinski definition) is 0. The molecule has 2 aromatic carbocycles. The van der Waals surface area contributed by atoms with Crippen LogP contribution >= 0.6 is 0 Å². The molecule has 0 bridgehead atoms. The molecular weight excluding hydrogens is 368 g/mol. The van der Waals surface area contributed by atoms with Crippen LogP contribution in [0.3, 0.4) is 0 Å². The average molecular weight is 388 g/mol. The largest absolute Gasteiger partial charge is 0.497 e. The van der Waals surface area contributed by atoms with E-state index in [-0.39, 0.29) is 11.9 Å². The van der Waals surface area contributed by atoms with Crippen LogP contribution in [0.15, 0.2) is 24.3 Å². The summed E-state index contributed by atoms with van der Waals surface area (Å²) in [5.41, 5.74) is 2.64. The number of fused-ring (bicyclic) bond motifs is 2. The van der Waals surface area contributed by atoms with Gasteiger partial charge in [0.15, 0.2) is 0 Å². The fourth-order valence-corrected chi connectivity index (χ4v) is 2.97. The maximum atomic E-state index is 11.3. The van der Waals surface area contributed by atoms with Gasteiger partial charge in [-0.3, -0.25) is 0 Å². The van der Waals surface area contributed by atoms with Crippen LogP contribution in [-0.2, 0) is 22.7 Å². The summed E-state index contributed by atoms with van der Waals surface area (Å²) in [5, 5.41) is 0. The van der Waals surface area contributed by atoms with Crippen LogP contribution in [0.4, 0.5) is 0 Å². The number of cyclic esters (lactones) is 2. The summed E-state index contributed by atoms with van der Waals surface area (Å²) in [4.78, 5) is 22.6. The van der Waals surface area contributed by atoms with Gasteiger partial charge in [0.1, 0.15) is 47.3 Å². The van der Waals surface area contributed by atoms with E-state index >= 15 is 0 Å². The van der Waals surface area contributed by atoms with E-state index in [1.165, 1.54) is 14.2 Å². The van der Waals surface area contributed by atoms with Gasteiger partial charge in [0.2, 0.25) is 0 Å². The normalized spacial score (nSPS) is 13.4. The van der Waals surface area contributed by atoms with Gasteiger partial charge in [-0.2, -0.15) is 0 Å². The fraction of sp³-hybridized carbons (Fsp3) is 0.300. The molecule has 0 N–H and O–H groups in total. The van der Waals surface area contributed by atoms with Crippen molar-refractivity contribution >= 4 is 11.9 Å². The van der Waals surface area contributed by atoms with Crippen LogP contribution in [-0.4, -0.2) is 40.4 Å². The van der Waals surface area contributed by atoms with E-state index < -0.39 is 0 Å². The van der Waals surface area contributed by atoms with E-state index in [4.69, 9.17) is 28.4 Å². The Morgan fingerprint density at radius 3 is 1.36 bits per heavy atom. The fourth-order valence-electron chi connectivity index (χ4n) is 2.97. The Morgan fingerprint density at radius 2 is 1.04 bits per heavy atom. The van der Waals surface area contributed by atoms with Crippen molar-refractivity contribution in [1.82, 2.24) is 0 Å². The van der Waals surface area contributed by atoms with Gasteiger partial charge in [-0.25, -0.2) is 9.59 Å². The quantitative estimate of drug-likeness (QED) is 0.739. The van der Waals surface area contributed by atoms with Crippen LogP contribution in [0.25, 0.3) is 0 Å². The molecule has 0 aromatic heterocycles. The lowest BCUT2D eigenvalue weighted by atomic mass is 10.1. The molecule has 148 valence electrons. The molecule has 0 radical (unpaired) electrons. The zero-order valence-corrected chi connectivity index (χ0v) is 16.0. The SMILES string of the molecule is COc1cc2c(c(OC)c1)C(=O)OC2.COc1cc2c(c(OC)c1)C(=O)OC2. The van der Waals surface area contributed by atoms with Gasteiger partial charge in [0.25, 0.3) is 0 Å². The Bertz CT molecular complexity index is 843. The minimum absolute atomic E-state index is 0.293. The lowest BCUT2D eigenvalue weighted by Gasteiger charge is -2.06. The highest BCUT2D eigenvalue weighted by Gasteiger charge is 2.27. The monoisotopic (exact) mass is 388 g/mol. The molecule has 2 aliphatic heterocycles. The second-order valence-electron chi connectivity index (χ2n) is 5.88. The van der Waals surface area contributed by atoms with Gasteiger partial charge in [0.05, 0.1) is 28.4 Å². The zero-order chi connectivity index (χ0) is 20.3. The zero-order valence-electron chi connectivity index (χ0n) is 16.0. The molecule has 28 heavy (non-hydrogen) atoms. The molecule has 0 unspecified atom stereocenters. The highest BCUT2D eigenvalue weighted by atomic mass is 16.5. The van der Waals surface area contributed by atoms with E-state index in [0.717, 1.165) is 11.1 Å². The molecule has 0 aliphatic carbocycles. The van der Waals surface area contributed by atoms with Crippen molar-refractivity contribution in [3.63, 3.8) is 0 Å². The third kappa shape index (κ3) is 3.53. The standard InChI is InChI=1S/2C10H10O4/c2*1-12-7-3-6-5-14-10(11)9(6)8(4-7)13-2/h2*3-4H,5H2,1-2H3. The molecule has 0 saturated carbocycles. The third-order valence-corrected chi connectivity index (χ3v) is 4.35. The summed E-state index contributed by atoms with van der Waals surface area (Å²) in [6, 6.07) is 6.91. The molecule has 0 amide bonds. The minimum atomic E-state index is -0.334. The van der Waals surface area contributed by atoms with Gasteiger partial charge in [-0.1, -0.05) is 0 Å². The number of benzene rings is 2. The predicted octanol–water partition coefficient (Wildman–Crippen LogP) is 2.75. The second kappa shape index (κ2) is 8.08. The maximum Gasteiger partial charge on any atom is 0.342 e. The highest BCUT2D eigenvalue weighted by molar-refractivity contribution is 5.97. The van der Waals surface area contributed by atoms with Crippen molar-refractivity contribution in [3.8, 4) is 23.0 Å². The Labute approximate surface area is 161 Å². The molecule has 0 spiro atoms. The Morgan fingerprint density at radius 1 is 0.643 bits per heavy atom. The first-order valence-electron chi connectivity index (χ1n) is 8.36. The smallest absolute Gasteiger partial charge is 0.342 e. The van der Waals surface area contributed by atoms with Crippen molar-refractivity contribution < 1.29 is 38.0 Å². The van der Waals surface area contributed by atoms with Crippen molar-refractivity contribution in [2.45, 2.75) is 13.2 Å². The molecule has 2 aliphatic rings. The Balaban J connectivity index is 0.000000161. The number of methoxy groups -OCH3 is 4. The minimum Gasteiger partial charge on any atom is -0.497 e. The molecule has 2 aromatic rings. The second-order valence-corrected chi connectivity index (χ2v) is 5.88. The molecule has 0 saturated heterocycles. The van der Waals surface area contributed by atoms with Crippen LogP contribution in [0.2, 0.25) is 0 Å². The molecule has 0 atom stereocenters. The summed E-state index contributed by atoms with van der Waals surface area (Å²) in [6.45, 7) is 0.587. The Hall–Kier alpha value is -3.42. The first-order chi connectivity index (χ1) is 13.5. The van der Waals surface area contributed by atoms with Crippen LogP contribution in [0.5, 0.6) is 23.0 Å². The van der Waals surface area contributed by atoms with Crippen LogP contribution in [0, 0.1) is 0 Å². The first kappa shape index (κ1) is 19.3. The summed E-state index contributed by atoms with van der Waals surface area (Å²) in [5.74, 6) is 1.67. The van der Waals surface area contributed by atoms with Crippen molar-refractivity contribution in [2.75, 3.05) is 28.4 Å². The number of carbonyl (C=O) groups is 2. The number of esters is 2. The summed E-state index contributed by atoms with van der Waals surface area (Å²) >= 11 is 0. The molecule has 4 rings (SSSR count). The van der Waals surface area contributed by atoms with E-state index in [2.05, 4.69) is 0 Å². The summed E-state index contributed by atoms with van der Waals surface area (Å²) in [7, 11) is 6.17. The van der Waals surface area contributed by atoms with Gasteiger partial charge in [-0.15, -0.1) is 0 Å². The average Bonchev–Trinajstić information content (AvgIpc) is 3.29. The topological polar surface area (TPSA) is 89.5 Å². The van der Waals surface area contributed by atoms with Gasteiger partial charge < -0.3 is 28.4 Å². The van der Waals surface area contributed by atoms with Crippen molar-refractivity contribution in [3.05, 3.63) is 46.5 Å². The van der Waals surface area contributed by atoms with E-state index in [0.29, 0.717) is 47.3 Å². The van der Waals surface area contributed by atoms with Crippen molar-refractivity contribution in [1.29, 1.82) is 0 Å². The van der Waals surface area contributed by atoms with Crippen molar-refractivity contribution in [2.24, 2.45) is 0 Å². The first-order valence-corrected chi connectivity index (χ1v) is 8.36. The lowest BCUT2D eigenvalue weighted by Crippen LogP contribution is -1.99. The van der Waals surface area contributed by atoms with E-state index in [9.17, 15) is 9.59 Å². The van der Waals surface area contributed by atoms with E-state index in [1.54, 1.807) is 38.5 Å². The summed E-state index contributed by atoms with van der Waals surface area (Å²) in [6.07, 6.45) is 0. The van der Waals surface area contributed by atoms with E-state index in [1.807, 2.05) is 0 Å². The Kier molecular flexibility index (Phi) is 5.58. The van der Waals surface area contributed by atoms with Crippen LogP contribution in [0.1, 0.15) is 31.8 Å². The van der Waals surface area contributed by atoms with Gasteiger partial charge in [0, 0.05) is 23.3 Å². The number of hydrogen-bond acceptors (Lipinski definition) is 8. The molecular formula is C20H20O8. The number of rotatable bonds is 4. The summed E-state index contributed by atoms with van der Waals surface area (Å²) < 4.78 is 30.1. The molecule has 8 nitrogen and oxygen atoms in total. The van der Waals surface area contributed by atoms with Gasteiger partial charge >= 0.3 is 11.9 Å². The molecule has 8 heteroatoms. The predicted molar refractivity (Wildman–Crippen MR) is 97.3 cm³/mol. The highest BCUT2D eigenvalue weighted by Crippen LogP contribution is 2.34. The molecule has 2 heterocycles. The lowest BCUT2D eigenvalue weighted by molar-refractivity contribution is 0.0523.